The fourth-order valence-corrected chi connectivity index (χ4v) is 5.50. The Kier molecular flexibility index (Phi) is 6.95. The van der Waals surface area contributed by atoms with Crippen LogP contribution in [0.25, 0.3) is 5.57 Å². The number of aliphatic carboxylic acids is 1. The van der Waals surface area contributed by atoms with Crippen LogP contribution >= 0.6 is 11.3 Å². The number of benzene rings is 1. The maximum absolute atomic E-state index is 13.1. The molecule has 1 aromatic heterocycles. The summed E-state index contributed by atoms with van der Waals surface area (Å²) < 4.78 is 44.5. The zero-order valence-electron chi connectivity index (χ0n) is 18.3. The van der Waals surface area contributed by atoms with Gasteiger partial charge in [0, 0.05) is 35.0 Å². The SMILES string of the molecule is CC1CC(c2ccc(CN3CCc4ccc(OCC(=O)O)cc4CC3)s2)=CC=C1C(F)(F)F. The molecule has 0 saturated heterocycles. The number of halogens is 3. The van der Waals surface area contributed by atoms with Crippen molar-refractivity contribution in [1.82, 2.24) is 4.90 Å². The number of rotatable bonds is 6. The highest BCUT2D eigenvalue weighted by molar-refractivity contribution is 7.13. The van der Waals surface area contributed by atoms with E-state index in [1.807, 2.05) is 24.3 Å². The Morgan fingerprint density at radius 1 is 1.15 bits per heavy atom. The number of nitrogens with zero attached hydrogens (tertiary/aromatic N) is 1. The quantitative estimate of drug-likeness (QED) is 0.578. The van der Waals surface area contributed by atoms with E-state index in [1.54, 1.807) is 24.3 Å². The molecule has 1 atom stereocenters. The van der Waals surface area contributed by atoms with Crippen LogP contribution in [0.4, 0.5) is 13.2 Å². The molecular weight excluding hydrogens is 451 g/mol. The summed E-state index contributed by atoms with van der Waals surface area (Å²) in [6.07, 6.45) is 0.729. The van der Waals surface area contributed by atoms with Crippen molar-refractivity contribution in [3.63, 3.8) is 0 Å². The van der Waals surface area contributed by atoms with Crippen molar-refractivity contribution in [3.8, 4) is 5.75 Å². The summed E-state index contributed by atoms with van der Waals surface area (Å²) in [4.78, 5) is 15.3. The average molecular weight is 478 g/mol. The molecule has 176 valence electrons. The Labute approximate surface area is 195 Å². The summed E-state index contributed by atoms with van der Waals surface area (Å²) in [6.45, 7) is 3.86. The third-order valence-electron chi connectivity index (χ3n) is 6.14. The van der Waals surface area contributed by atoms with Gasteiger partial charge < -0.3 is 9.84 Å². The first kappa shape index (κ1) is 23.6. The van der Waals surface area contributed by atoms with Gasteiger partial charge in [-0.05, 0) is 66.1 Å². The van der Waals surface area contributed by atoms with Crippen LogP contribution in [0, 0.1) is 5.92 Å². The largest absolute Gasteiger partial charge is 0.482 e. The van der Waals surface area contributed by atoms with Crippen LogP contribution in [-0.2, 0) is 24.2 Å². The van der Waals surface area contributed by atoms with E-state index in [9.17, 15) is 18.0 Å². The van der Waals surface area contributed by atoms with Crippen molar-refractivity contribution in [3.05, 3.63) is 68.9 Å². The van der Waals surface area contributed by atoms with Gasteiger partial charge in [-0.1, -0.05) is 25.1 Å². The Bertz CT molecular complexity index is 1090. The molecule has 33 heavy (non-hydrogen) atoms. The summed E-state index contributed by atoms with van der Waals surface area (Å²) >= 11 is 1.65. The number of allylic oxidation sites excluding steroid dienone is 4. The number of ether oxygens (including phenoxy) is 1. The monoisotopic (exact) mass is 477 g/mol. The number of hydrogen-bond acceptors (Lipinski definition) is 4. The number of carbonyl (C=O) groups is 1. The number of carboxylic acids is 1. The van der Waals surface area contributed by atoms with Crippen molar-refractivity contribution < 1.29 is 27.8 Å². The zero-order chi connectivity index (χ0) is 23.6. The first-order chi connectivity index (χ1) is 15.7. The van der Waals surface area contributed by atoms with Crippen LogP contribution in [0.3, 0.4) is 0 Å². The van der Waals surface area contributed by atoms with Crippen molar-refractivity contribution >= 4 is 22.9 Å². The summed E-state index contributed by atoms with van der Waals surface area (Å²) in [7, 11) is 0. The van der Waals surface area contributed by atoms with Crippen LogP contribution < -0.4 is 4.74 Å². The van der Waals surface area contributed by atoms with E-state index in [4.69, 9.17) is 9.84 Å². The van der Waals surface area contributed by atoms with Gasteiger partial charge in [-0.2, -0.15) is 13.2 Å². The molecule has 0 fully saturated rings. The predicted octanol–water partition coefficient (Wildman–Crippen LogP) is 5.72. The summed E-state index contributed by atoms with van der Waals surface area (Å²) in [5.41, 5.74) is 2.94. The Morgan fingerprint density at radius 2 is 1.91 bits per heavy atom. The minimum atomic E-state index is -4.27. The molecule has 1 aromatic carbocycles. The molecule has 8 heteroatoms. The van der Waals surface area contributed by atoms with Crippen molar-refractivity contribution in [2.24, 2.45) is 5.92 Å². The number of fused-ring (bicyclic) bond motifs is 1. The van der Waals surface area contributed by atoms with E-state index in [0.29, 0.717) is 12.2 Å². The highest BCUT2D eigenvalue weighted by Crippen LogP contribution is 2.41. The highest BCUT2D eigenvalue weighted by Gasteiger charge is 2.38. The molecule has 2 aromatic rings. The minimum absolute atomic E-state index is 0.353. The Morgan fingerprint density at radius 3 is 2.61 bits per heavy atom. The standard InChI is InChI=1S/C25H26F3NO3S/c1-16-12-19(3-6-22(16)25(26,27)28)23-7-5-21(33-23)14-29-10-8-17-2-4-20(32-15-24(30)31)13-18(17)9-11-29/h2-7,13,16H,8-12,14-15H2,1H3,(H,30,31). The van der Waals surface area contributed by atoms with Gasteiger partial charge in [-0.15, -0.1) is 11.3 Å². The van der Waals surface area contributed by atoms with Gasteiger partial charge in [0.1, 0.15) is 5.75 Å². The lowest BCUT2D eigenvalue weighted by Crippen LogP contribution is -2.25. The first-order valence-corrected chi connectivity index (χ1v) is 11.8. The molecule has 0 amide bonds. The average Bonchev–Trinajstić information content (AvgIpc) is 3.13. The molecule has 0 radical (unpaired) electrons. The Hall–Kier alpha value is -2.58. The van der Waals surface area contributed by atoms with Crippen LogP contribution in [0.1, 0.15) is 34.2 Å². The number of alkyl halides is 3. The van der Waals surface area contributed by atoms with Gasteiger partial charge >= 0.3 is 12.1 Å². The van der Waals surface area contributed by atoms with Gasteiger partial charge in [0.15, 0.2) is 6.61 Å². The molecule has 1 aliphatic heterocycles. The third kappa shape index (κ3) is 5.86. The molecule has 4 rings (SSSR count). The zero-order valence-corrected chi connectivity index (χ0v) is 19.1. The smallest absolute Gasteiger partial charge is 0.412 e. The van der Waals surface area contributed by atoms with E-state index in [0.717, 1.165) is 42.9 Å². The second-order valence-corrected chi connectivity index (χ2v) is 9.74. The summed E-state index contributed by atoms with van der Waals surface area (Å²) in [5, 5.41) is 8.79. The second-order valence-electron chi connectivity index (χ2n) is 8.57. The molecule has 2 aliphatic rings. The second kappa shape index (κ2) is 9.73. The molecule has 0 saturated carbocycles. The maximum Gasteiger partial charge on any atom is 0.412 e. The minimum Gasteiger partial charge on any atom is -0.482 e. The molecule has 0 bridgehead atoms. The van der Waals surface area contributed by atoms with Gasteiger partial charge in [-0.25, -0.2) is 4.79 Å². The van der Waals surface area contributed by atoms with Crippen LogP contribution in [0.15, 0.2) is 48.1 Å². The molecule has 4 nitrogen and oxygen atoms in total. The number of hydrogen-bond donors (Lipinski definition) is 1. The van der Waals surface area contributed by atoms with Crippen molar-refractivity contribution in [2.45, 2.75) is 38.9 Å². The van der Waals surface area contributed by atoms with E-state index in [1.165, 1.54) is 22.1 Å². The predicted molar refractivity (Wildman–Crippen MR) is 122 cm³/mol. The fourth-order valence-electron chi connectivity index (χ4n) is 4.42. The lowest BCUT2D eigenvalue weighted by molar-refractivity contribution is -0.139. The summed E-state index contributed by atoms with van der Waals surface area (Å²) in [5.74, 6) is -0.962. The maximum atomic E-state index is 13.1. The lowest BCUT2D eigenvalue weighted by atomic mass is 9.87. The fraction of sp³-hybridized carbons (Fsp3) is 0.400. The van der Waals surface area contributed by atoms with Gasteiger partial charge in [-0.3, -0.25) is 4.90 Å². The summed E-state index contributed by atoms with van der Waals surface area (Å²) in [6, 6.07) is 9.86. The number of thiophene rings is 1. The van der Waals surface area contributed by atoms with E-state index >= 15 is 0 Å². The van der Waals surface area contributed by atoms with E-state index < -0.39 is 23.6 Å². The molecule has 0 spiro atoms. The van der Waals surface area contributed by atoms with Gasteiger partial charge in [0.25, 0.3) is 0 Å². The van der Waals surface area contributed by atoms with E-state index in [-0.39, 0.29) is 6.61 Å². The molecule has 1 aliphatic carbocycles. The van der Waals surface area contributed by atoms with Crippen LogP contribution in [-0.4, -0.2) is 41.8 Å². The highest BCUT2D eigenvalue weighted by atomic mass is 32.1. The normalized spacial score (nSPS) is 19.3. The van der Waals surface area contributed by atoms with E-state index in [2.05, 4.69) is 11.0 Å². The van der Waals surface area contributed by atoms with Crippen molar-refractivity contribution in [2.75, 3.05) is 19.7 Å². The van der Waals surface area contributed by atoms with Gasteiger partial charge in [0.2, 0.25) is 0 Å². The van der Waals surface area contributed by atoms with Crippen LogP contribution in [0.5, 0.6) is 5.75 Å². The molecule has 1 N–H and O–H groups in total. The molecular formula is C25H26F3NO3S. The van der Waals surface area contributed by atoms with Gasteiger partial charge in [0.05, 0.1) is 0 Å². The van der Waals surface area contributed by atoms with Crippen LogP contribution in [0.2, 0.25) is 0 Å². The molecule has 1 unspecified atom stereocenters. The first-order valence-electron chi connectivity index (χ1n) is 10.9. The molecule has 2 heterocycles. The third-order valence-corrected chi connectivity index (χ3v) is 7.29. The topological polar surface area (TPSA) is 49.8 Å². The Balaban J connectivity index is 1.38. The number of carboxylic acid groups (broad SMARTS) is 1. The van der Waals surface area contributed by atoms with Crippen molar-refractivity contribution in [1.29, 1.82) is 0 Å². The lowest BCUT2D eigenvalue weighted by Gasteiger charge is -2.23.